The SMILES string of the molecule is COc1cc(OC)cc(C(=O)Nc2nc(C(=O)Nc3cccc(NC(C)=O)c3)cs2)c1. The smallest absolute Gasteiger partial charge is 0.275 e. The summed E-state index contributed by atoms with van der Waals surface area (Å²) in [5.74, 6) is -0.117. The number of nitrogens with one attached hydrogen (secondary N) is 3. The van der Waals surface area contributed by atoms with Crippen molar-refractivity contribution in [3.8, 4) is 11.5 Å². The zero-order valence-corrected chi connectivity index (χ0v) is 17.8. The van der Waals surface area contributed by atoms with Crippen LogP contribution in [0.25, 0.3) is 0 Å². The topological polar surface area (TPSA) is 119 Å². The van der Waals surface area contributed by atoms with Crippen LogP contribution in [0.15, 0.2) is 47.8 Å². The molecule has 0 aliphatic carbocycles. The van der Waals surface area contributed by atoms with Crippen molar-refractivity contribution in [2.45, 2.75) is 6.92 Å². The summed E-state index contributed by atoms with van der Waals surface area (Å²) >= 11 is 1.12. The highest BCUT2D eigenvalue weighted by atomic mass is 32.1. The number of hydrogen-bond acceptors (Lipinski definition) is 7. The molecular formula is C21H20N4O5S. The molecule has 3 amide bonds. The lowest BCUT2D eigenvalue weighted by atomic mass is 10.2. The third-order valence-electron chi connectivity index (χ3n) is 4.01. The number of ether oxygens (including phenoxy) is 2. The van der Waals surface area contributed by atoms with Gasteiger partial charge in [0.05, 0.1) is 14.2 Å². The van der Waals surface area contributed by atoms with Crippen molar-refractivity contribution in [2.75, 3.05) is 30.2 Å². The normalized spacial score (nSPS) is 10.2. The summed E-state index contributed by atoms with van der Waals surface area (Å²) in [4.78, 5) is 40.4. The summed E-state index contributed by atoms with van der Waals surface area (Å²) in [5, 5.41) is 9.82. The average Bonchev–Trinajstić information content (AvgIpc) is 3.21. The quantitative estimate of drug-likeness (QED) is 0.516. The van der Waals surface area contributed by atoms with E-state index in [2.05, 4.69) is 20.9 Å². The lowest BCUT2D eigenvalue weighted by Crippen LogP contribution is -2.14. The number of rotatable bonds is 7. The highest BCUT2D eigenvalue weighted by molar-refractivity contribution is 7.14. The van der Waals surface area contributed by atoms with Crippen LogP contribution in [0.5, 0.6) is 11.5 Å². The first kappa shape index (κ1) is 21.8. The van der Waals surface area contributed by atoms with Gasteiger partial charge in [0.15, 0.2) is 5.13 Å². The van der Waals surface area contributed by atoms with Gasteiger partial charge in [-0.05, 0) is 30.3 Å². The van der Waals surface area contributed by atoms with Crippen molar-refractivity contribution in [1.29, 1.82) is 0 Å². The van der Waals surface area contributed by atoms with E-state index in [4.69, 9.17) is 9.47 Å². The first-order valence-corrected chi connectivity index (χ1v) is 9.95. The number of aromatic nitrogens is 1. The number of amides is 3. The second-order valence-corrected chi connectivity index (χ2v) is 7.17. The van der Waals surface area contributed by atoms with Crippen molar-refractivity contribution in [3.05, 3.63) is 59.1 Å². The van der Waals surface area contributed by atoms with Crippen molar-refractivity contribution in [1.82, 2.24) is 4.98 Å². The van der Waals surface area contributed by atoms with Crippen molar-refractivity contribution in [3.63, 3.8) is 0 Å². The van der Waals surface area contributed by atoms with Crippen molar-refractivity contribution >= 4 is 45.6 Å². The van der Waals surface area contributed by atoms with Crippen LogP contribution in [0.1, 0.15) is 27.8 Å². The molecule has 0 saturated heterocycles. The Kier molecular flexibility index (Phi) is 6.83. The van der Waals surface area contributed by atoms with Crippen LogP contribution in [0.4, 0.5) is 16.5 Å². The van der Waals surface area contributed by atoms with Crippen LogP contribution in [0.2, 0.25) is 0 Å². The second kappa shape index (κ2) is 9.72. The third kappa shape index (κ3) is 5.80. The molecule has 3 rings (SSSR count). The van der Waals surface area contributed by atoms with E-state index in [9.17, 15) is 14.4 Å². The summed E-state index contributed by atoms with van der Waals surface area (Å²) in [7, 11) is 2.99. The molecule has 10 heteroatoms. The summed E-state index contributed by atoms with van der Waals surface area (Å²) in [5.41, 5.74) is 1.53. The van der Waals surface area contributed by atoms with E-state index in [1.807, 2.05) is 0 Å². The van der Waals surface area contributed by atoms with E-state index in [-0.39, 0.29) is 16.7 Å². The molecule has 3 aromatic rings. The summed E-state index contributed by atoms with van der Waals surface area (Å²) in [6, 6.07) is 11.5. The average molecular weight is 440 g/mol. The number of thiazole rings is 1. The minimum atomic E-state index is -0.445. The predicted molar refractivity (Wildman–Crippen MR) is 118 cm³/mol. The summed E-state index contributed by atoms with van der Waals surface area (Å²) in [6.45, 7) is 1.40. The fourth-order valence-electron chi connectivity index (χ4n) is 2.62. The van der Waals surface area contributed by atoms with Gasteiger partial charge in [0, 0.05) is 35.3 Å². The molecule has 1 aromatic heterocycles. The van der Waals surface area contributed by atoms with Crippen LogP contribution in [-0.4, -0.2) is 36.9 Å². The van der Waals surface area contributed by atoms with E-state index in [1.165, 1.54) is 26.5 Å². The van der Waals surface area contributed by atoms with Gasteiger partial charge in [0.2, 0.25) is 5.91 Å². The number of carbonyl (C=O) groups excluding carboxylic acids is 3. The predicted octanol–water partition coefficient (Wildman–Crippen LogP) is 3.62. The largest absolute Gasteiger partial charge is 0.497 e. The summed E-state index contributed by atoms with van der Waals surface area (Å²) < 4.78 is 10.3. The molecule has 0 unspecified atom stereocenters. The van der Waals surface area contributed by atoms with Crippen LogP contribution in [-0.2, 0) is 4.79 Å². The van der Waals surface area contributed by atoms with Crippen molar-refractivity contribution in [2.24, 2.45) is 0 Å². The van der Waals surface area contributed by atoms with Gasteiger partial charge in [-0.3, -0.25) is 19.7 Å². The van der Waals surface area contributed by atoms with E-state index in [1.54, 1.807) is 42.5 Å². The molecule has 0 spiro atoms. The molecule has 0 radical (unpaired) electrons. The molecule has 0 fully saturated rings. The van der Waals surface area contributed by atoms with E-state index < -0.39 is 11.8 Å². The van der Waals surface area contributed by atoms with Gasteiger partial charge in [0.1, 0.15) is 17.2 Å². The minimum Gasteiger partial charge on any atom is -0.497 e. The van der Waals surface area contributed by atoms with Crippen molar-refractivity contribution < 1.29 is 23.9 Å². The Morgan fingerprint density at radius 3 is 2.13 bits per heavy atom. The van der Waals surface area contributed by atoms with Gasteiger partial charge in [0.25, 0.3) is 11.8 Å². The molecule has 0 aliphatic heterocycles. The van der Waals surface area contributed by atoms with Gasteiger partial charge in [-0.25, -0.2) is 4.98 Å². The summed E-state index contributed by atoms with van der Waals surface area (Å²) in [6.07, 6.45) is 0. The number of nitrogens with zero attached hydrogens (tertiary/aromatic N) is 1. The highest BCUT2D eigenvalue weighted by Gasteiger charge is 2.15. The van der Waals surface area contributed by atoms with Crippen LogP contribution < -0.4 is 25.4 Å². The second-order valence-electron chi connectivity index (χ2n) is 6.31. The monoisotopic (exact) mass is 440 g/mol. The molecule has 0 aliphatic rings. The zero-order chi connectivity index (χ0) is 22.4. The van der Waals surface area contributed by atoms with E-state index >= 15 is 0 Å². The van der Waals surface area contributed by atoms with Crippen LogP contribution in [0, 0.1) is 0 Å². The minimum absolute atomic E-state index is 0.147. The number of hydrogen-bond donors (Lipinski definition) is 3. The van der Waals surface area contributed by atoms with Crippen LogP contribution in [0.3, 0.4) is 0 Å². The van der Waals surface area contributed by atoms with E-state index in [0.29, 0.717) is 28.4 Å². The van der Waals surface area contributed by atoms with E-state index in [0.717, 1.165) is 11.3 Å². The van der Waals surface area contributed by atoms with Crippen LogP contribution >= 0.6 is 11.3 Å². The molecule has 31 heavy (non-hydrogen) atoms. The molecule has 0 atom stereocenters. The Balaban J connectivity index is 1.68. The van der Waals surface area contributed by atoms with Gasteiger partial charge >= 0.3 is 0 Å². The molecule has 0 saturated carbocycles. The Bertz CT molecular complexity index is 1110. The maximum Gasteiger partial charge on any atom is 0.275 e. The Labute approximate surface area is 182 Å². The molecule has 3 N–H and O–H groups in total. The fraction of sp³-hybridized carbons (Fsp3) is 0.143. The molecular weight excluding hydrogens is 420 g/mol. The van der Waals surface area contributed by atoms with Gasteiger partial charge in [-0.15, -0.1) is 11.3 Å². The number of methoxy groups -OCH3 is 2. The Morgan fingerprint density at radius 2 is 1.52 bits per heavy atom. The first-order chi connectivity index (χ1) is 14.9. The van der Waals surface area contributed by atoms with Gasteiger partial charge in [-0.1, -0.05) is 6.07 Å². The molecule has 1 heterocycles. The number of carbonyl (C=O) groups is 3. The molecule has 9 nitrogen and oxygen atoms in total. The lowest BCUT2D eigenvalue weighted by Gasteiger charge is -2.08. The zero-order valence-electron chi connectivity index (χ0n) is 17.0. The van der Waals surface area contributed by atoms with Gasteiger partial charge in [-0.2, -0.15) is 0 Å². The standard InChI is InChI=1S/C21H20N4O5S/c1-12(26)22-14-5-4-6-15(9-14)23-20(28)18-11-31-21(24-18)25-19(27)13-7-16(29-2)10-17(8-13)30-3/h4-11H,1-3H3,(H,22,26)(H,23,28)(H,24,25,27). The number of anilines is 3. The Hall–Kier alpha value is -3.92. The van der Waals surface area contributed by atoms with Gasteiger partial charge < -0.3 is 20.1 Å². The first-order valence-electron chi connectivity index (χ1n) is 9.07. The third-order valence-corrected chi connectivity index (χ3v) is 4.77. The maximum atomic E-state index is 12.6. The fourth-order valence-corrected chi connectivity index (χ4v) is 3.30. The molecule has 160 valence electrons. The molecule has 2 aromatic carbocycles. The Morgan fingerprint density at radius 1 is 0.871 bits per heavy atom. The maximum absolute atomic E-state index is 12.6. The highest BCUT2D eigenvalue weighted by Crippen LogP contribution is 2.24. The lowest BCUT2D eigenvalue weighted by molar-refractivity contribution is -0.114. The molecule has 0 bridgehead atoms. The number of benzene rings is 2.